The molecule has 0 bridgehead atoms. The molecule has 1 aliphatic rings. The van der Waals surface area contributed by atoms with E-state index >= 15 is 0 Å². The highest BCUT2D eigenvalue weighted by molar-refractivity contribution is 5.91. The number of carbonyl (C=O) groups excluding carboxylic acids is 1. The SMILES string of the molecule is CC.Cc1cc2c(nc1NC(=O)CC(C)(C)C)CCCN2Cc1ccc(OC(F)(F)F)cc1. The van der Waals surface area contributed by atoms with Crippen molar-refractivity contribution in [2.24, 2.45) is 5.41 Å². The van der Waals surface area contributed by atoms with E-state index in [2.05, 4.69) is 15.0 Å². The van der Waals surface area contributed by atoms with Gasteiger partial charge in [0, 0.05) is 19.5 Å². The van der Waals surface area contributed by atoms with Crippen LogP contribution in [0.4, 0.5) is 24.7 Å². The van der Waals surface area contributed by atoms with Gasteiger partial charge >= 0.3 is 6.36 Å². The lowest BCUT2D eigenvalue weighted by atomic mass is 9.92. The molecule has 2 heterocycles. The van der Waals surface area contributed by atoms with Crippen molar-refractivity contribution < 1.29 is 22.7 Å². The average Bonchev–Trinajstić information content (AvgIpc) is 2.70. The van der Waals surface area contributed by atoms with Gasteiger partial charge in [0.25, 0.3) is 0 Å². The summed E-state index contributed by atoms with van der Waals surface area (Å²) in [5, 5.41) is 2.93. The number of ether oxygens (including phenoxy) is 1. The largest absolute Gasteiger partial charge is 0.573 e. The summed E-state index contributed by atoms with van der Waals surface area (Å²) in [6.07, 6.45) is -2.57. The first-order chi connectivity index (χ1) is 15.4. The van der Waals surface area contributed by atoms with E-state index in [1.54, 1.807) is 12.1 Å². The lowest BCUT2D eigenvalue weighted by Gasteiger charge is -2.31. The van der Waals surface area contributed by atoms with E-state index < -0.39 is 6.36 Å². The fraction of sp³-hybridized carbons (Fsp3) is 0.520. The molecular weight excluding hydrogens is 431 g/mol. The number of nitrogens with one attached hydrogen (secondary N) is 1. The third kappa shape index (κ3) is 8.26. The van der Waals surface area contributed by atoms with E-state index in [1.165, 1.54) is 12.1 Å². The first-order valence-electron chi connectivity index (χ1n) is 11.3. The van der Waals surface area contributed by atoms with Crippen molar-refractivity contribution in [3.8, 4) is 5.75 Å². The van der Waals surface area contributed by atoms with Gasteiger partial charge in [-0.1, -0.05) is 46.8 Å². The van der Waals surface area contributed by atoms with Crippen molar-refractivity contribution >= 4 is 17.4 Å². The van der Waals surface area contributed by atoms with Crippen LogP contribution in [0.5, 0.6) is 5.75 Å². The Balaban J connectivity index is 0.00000187. The fourth-order valence-corrected chi connectivity index (χ4v) is 3.62. The zero-order valence-electron chi connectivity index (χ0n) is 20.3. The highest BCUT2D eigenvalue weighted by atomic mass is 19.4. The molecule has 0 radical (unpaired) electrons. The number of carbonyl (C=O) groups is 1. The highest BCUT2D eigenvalue weighted by Crippen LogP contribution is 2.32. The van der Waals surface area contributed by atoms with Crippen LogP contribution in [0, 0.1) is 12.3 Å². The van der Waals surface area contributed by atoms with Crippen molar-refractivity contribution in [1.29, 1.82) is 0 Å². The van der Waals surface area contributed by atoms with Gasteiger partial charge in [0.2, 0.25) is 5.91 Å². The molecule has 1 aliphatic heterocycles. The summed E-state index contributed by atoms with van der Waals surface area (Å²) in [6, 6.07) is 7.94. The molecular formula is C25H34F3N3O2. The molecule has 0 unspecified atom stereocenters. The number of benzene rings is 1. The van der Waals surface area contributed by atoms with Crippen LogP contribution < -0.4 is 15.0 Å². The molecule has 0 saturated heterocycles. The summed E-state index contributed by atoms with van der Waals surface area (Å²) in [5.74, 6) is 0.295. The number of nitrogens with zero attached hydrogens (tertiary/aromatic N) is 2. The molecule has 3 rings (SSSR count). The van der Waals surface area contributed by atoms with Crippen molar-refractivity contribution in [1.82, 2.24) is 4.98 Å². The van der Waals surface area contributed by atoms with Crippen LogP contribution in [-0.4, -0.2) is 23.8 Å². The maximum atomic E-state index is 12.3. The molecule has 0 saturated carbocycles. The Morgan fingerprint density at radius 3 is 2.36 bits per heavy atom. The number of hydrogen-bond acceptors (Lipinski definition) is 4. The number of anilines is 2. The molecule has 8 heteroatoms. The van der Waals surface area contributed by atoms with Crippen LogP contribution >= 0.6 is 0 Å². The van der Waals surface area contributed by atoms with Gasteiger partial charge in [0.05, 0.1) is 11.4 Å². The van der Waals surface area contributed by atoms with E-state index in [1.807, 2.05) is 47.6 Å². The number of hydrogen-bond donors (Lipinski definition) is 1. The molecule has 0 aliphatic carbocycles. The Morgan fingerprint density at radius 2 is 1.79 bits per heavy atom. The highest BCUT2D eigenvalue weighted by Gasteiger charge is 2.31. The number of amides is 1. The first-order valence-corrected chi connectivity index (χ1v) is 11.3. The molecule has 2 aromatic rings. The third-order valence-electron chi connectivity index (χ3n) is 4.93. The molecule has 182 valence electrons. The van der Waals surface area contributed by atoms with E-state index in [9.17, 15) is 18.0 Å². The molecule has 1 N–H and O–H groups in total. The van der Waals surface area contributed by atoms with Crippen LogP contribution in [0.1, 0.15) is 64.3 Å². The normalized spacial score (nSPS) is 13.5. The Kier molecular flexibility index (Phi) is 8.75. The van der Waals surface area contributed by atoms with Crippen LogP contribution in [0.25, 0.3) is 0 Å². The molecule has 1 aromatic carbocycles. The van der Waals surface area contributed by atoms with Gasteiger partial charge < -0.3 is 15.0 Å². The zero-order valence-corrected chi connectivity index (χ0v) is 20.3. The molecule has 5 nitrogen and oxygen atoms in total. The maximum Gasteiger partial charge on any atom is 0.573 e. The predicted molar refractivity (Wildman–Crippen MR) is 126 cm³/mol. The number of alkyl halides is 3. The van der Waals surface area contributed by atoms with Crippen molar-refractivity contribution in [3.63, 3.8) is 0 Å². The van der Waals surface area contributed by atoms with Gasteiger partial charge in [-0.25, -0.2) is 4.98 Å². The van der Waals surface area contributed by atoms with E-state index in [0.717, 1.165) is 41.9 Å². The zero-order chi connectivity index (χ0) is 24.8. The first kappa shape index (κ1) is 26.5. The lowest BCUT2D eigenvalue weighted by molar-refractivity contribution is -0.274. The minimum atomic E-state index is -4.70. The molecule has 1 aromatic heterocycles. The van der Waals surface area contributed by atoms with Gasteiger partial charge in [-0.05, 0) is 54.5 Å². The Hall–Kier alpha value is -2.77. The second-order valence-electron chi connectivity index (χ2n) is 9.12. The van der Waals surface area contributed by atoms with Crippen LogP contribution in [0.3, 0.4) is 0 Å². The molecule has 0 fully saturated rings. The fourth-order valence-electron chi connectivity index (χ4n) is 3.62. The minimum absolute atomic E-state index is 0.0584. The van der Waals surface area contributed by atoms with Crippen molar-refractivity contribution in [3.05, 3.63) is 47.2 Å². The number of aryl methyl sites for hydroxylation is 2. The number of halogens is 3. The van der Waals surface area contributed by atoms with Crippen LogP contribution in [-0.2, 0) is 17.8 Å². The summed E-state index contributed by atoms with van der Waals surface area (Å²) in [6.45, 7) is 13.3. The van der Waals surface area contributed by atoms with Gasteiger partial charge in [0.1, 0.15) is 11.6 Å². The van der Waals surface area contributed by atoms with Crippen molar-refractivity contribution in [2.45, 2.75) is 73.7 Å². The number of rotatable bonds is 5. The van der Waals surface area contributed by atoms with Crippen LogP contribution in [0.15, 0.2) is 30.3 Å². The number of pyridine rings is 1. The van der Waals surface area contributed by atoms with Gasteiger partial charge in [-0.15, -0.1) is 13.2 Å². The van der Waals surface area contributed by atoms with E-state index in [0.29, 0.717) is 18.8 Å². The summed E-state index contributed by atoms with van der Waals surface area (Å²) in [4.78, 5) is 19.2. The lowest BCUT2D eigenvalue weighted by Crippen LogP contribution is -2.30. The van der Waals surface area contributed by atoms with Gasteiger partial charge in [-0.3, -0.25) is 4.79 Å². The smallest absolute Gasteiger partial charge is 0.406 e. The second kappa shape index (κ2) is 10.9. The Labute approximate surface area is 194 Å². The van der Waals surface area contributed by atoms with Gasteiger partial charge in [-0.2, -0.15) is 0 Å². The second-order valence-corrected chi connectivity index (χ2v) is 9.12. The minimum Gasteiger partial charge on any atom is -0.406 e. The summed E-state index contributed by atoms with van der Waals surface area (Å²) in [5.41, 5.74) is 3.56. The maximum absolute atomic E-state index is 12.3. The Bertz CT molecular complexity index is 936. The van der Waals surface area contributed by atoms with E-state index in [-0.39, 0.29) is 17.1 Å². The third-order valence-corrected chi connectivity index (χ3v) is 4.93. The Morgan fingerprint density at radius 1 is 1.15 bits per heavy atom. The van der Waals surface area contributed by atoms with E-state index in [4.69, 9.17) is 4.98 Å². The quantitative estimate of drug-likeness (QED) is 0.538. The standard InChI is InChI=1S/C23H28F3N3O2.C2H6/c1-15-12-19-18(27-21(15)28-20(30)13-22(2,3)4)6-5-11-29(19)14-16-7-9-17(10-8-16)31-23(24,25)26;1-2/h7-10,12H,5-6,11,13-14H2,1-4H3,(H,27,28,30);1-2H3. The molecule has 0 atom stereocenters. The summed E-state index contributed by atoms with van der Waals surface area (Å²) >= 11 is 0. The number of fused-ring (bicyclic) bond motifs is 1. The molecule has 33 heavy (non-hydrogen) atoms. The summed E-state index contributed by atoms with van der Waals surface area (Å²) in [7, 11) is 0. The van der Waals surface area contributed by atoms with Crippen LogP contribution in [0.2, 0.25) is 0 Å². The predicted octanol–water partition coefficient (Wildman–Crippen LogP) is 6.64. The van der Waals surface area contributed by atoms with Gasteiger partial charge in [0.15, 0.2) is 0 Å². The number of aromatic nitrogens is 1. The average molecular weight is 466 g/mol. The van der Waals surface area contributed by atoms with Crippen molar-refractivity contribution in [2.75, 3.05) is 16.8 Å². The summed E-state index contributed by atoms with van der Waals surface area (Å²) < 4.78 is 41.0. The molecule has 1 amide bonds. The molecule has 0 spiro atoms. The monoisotopic (exact) mass is 465 g/mol. The topological polar surface area (TPSA) is 54.5 Å².